The number of furan rings is 1. The first-order chi connectivity index (χ1) is 18.8. The van der Waals surface area contributed by atoms with E-state index in [1.165, 1.54) is 23.6 Å². The lowest BCUT2D eigenvalue weighted by Crippen LogP contribution is -2.38. The predicted molar refractivity (Wildman–Crippen MR) is 156 cm³/mol. The summed E-state index contributed by atoms with van der Waals surface area (Å²) in [5, 5.41) is 11.6. The highest BCUT2D eigenvalue weighted by Crippen LogP contribution is 2.37. The number of hydrogen-bond donors (Lipinski definition) is 2. The summed E-state index contributed by atoms with van der Waals surface area (Å²) < 4.78 is 25.2. The Hall–Kier alpha value is -4.13. The van der Waals surface area contributed by atoms with E-state index in [2.05, 4.69) is 66.0 Å². The van der Waals surface area contributed by atoms with Gasteiger partial charge in [-0.05, 0) is 80.2 Å². The molecule has 39 heavy (non-hydrogen) atoms. The second-order valence-corrected chi connectivity index (χ2v) is 9.92. The van der Waals surface area contributed by atoms with Crippen molar-refractivity contribution in [1.29, 1.82) is 0 Å². The summed E-state index contributed by atoms with van der Waals surface area (Å²) in [6.07, 6.45) is 16.1. The van der Waals surface area contributed by atoms with E-state index in [1.54, 1.807) is 12.2 Å². The first kappa shape index (κ1) is 27.9. The average molecular weight is 529 g/mol. The number of aromatic nitrogens is 2. The summed E-state index contributed by atoms with van der Waals surface area (Å²) in [6, 6.07) is 4.33. The second-order valence-electron chi connectivity index (χ2n) is 9.92. The van der Waals surface area contributed by atoms with Crippen molar-refractivity contribution < 1.29 is 13.3 Å². The van der Waals surface area contributed by atoms with Crippen LogP contribution in [-0.2, 0) is 18.4 Å². The summed E-state index contributed by atoms with van der Waals surface area (Å²) in [5.74, 6) is 1.04. The molecule has 0 aliphatic heterocycles. The van der Waals surface area contributed by atoms with Crippen molar-refractivity contribution >= 4 is 22.2 Å². The third kappa shape index (κ3) is 6.14. The molecule has 0 saturated carbocycles. The van der Waals surface area contributed by atoms with E-state index >= 15 is 0 Å². The molecular formula is C32H37FN4O2. The third-order valence-corrected chi connectivity index (χ3v) is 7.12. The van der Waals surface area contributed by atoms with Crippen molar-refractivity contribution in [2.45, 2.75) is 58.4 Å². The van der Waals surface area contributed by atoms with Gasteiger partial charge >= 0.3 is 0 Å². The van der Waals surface area contributed by atoms with Crippen LogP contribution in [0.25, 0.3) is 22.2 Å². The van der Waals surface area contributed by atoms with Gasteiger partial charge in [-0.3, -0.25) is 0 Å². The molecule has 2 N–H and O–H groups in total. The van der Waals surface area contributed by atoms with Gasteiger partial charge in [-0.15, -0.1) is 0 Å². The number of nitrogens with zero attached hydrogens (tertiary/aromatic N) is 2. The minimum absolute atomic E-state index is 0.252. The Kier molecular flexibility index (Phi) is 8.69. The van der Waals surface area contributed by atoms with Crippen molar-refractivity contribution in [2.75, 3.05) is 7.05 Å². The summed E-state index contributed by atoms with van der Waals surface area (Å²) in [4.78, 5) is 4.22. The number of benzene rings is 1. The van der Waals surface area contributed by atoms with Crippen LogP contribution in [0.1, 0.15) is 68.3 Å². The van der Waals surface area contributed by atoms with Crippen LogP contribution in [0.4, 0.5) is 4.39 Å². The van der Waals surface area contributed by atoms with Crippen molar-refractivity contribution in [3.8, 4) is 0 Å². The fourth-order valence-corrected chi connectivity index (χ4v) is 4.76. The van der Waals surface area contributed by atoms with Gasteiger partial charge in [0, 0.05) is 29.4 Å². The molecule has 3 aromatic rings. The Balaban J connectivity index is 1.66. The van der Waals surface area contributed by atoms with Gasteiger partial charge in [0.1, 0.15) is 17.2 Å². The topological polar surface area (TPSA) is 76.1 Å². The molecule has 1 unspecified atom stereocenters. The molecule has 4 rings (SSSR count). The van der Waals surface area contributed by atoms with Gasteiger partial charge in [0.15, 0.2) is 5.82 Å². The molecule has 204 valence electrons. The summed E-state index contributed by atoms with van der Waals surface area (Å²) in [7, 11) is 1.84. The maximum absolute atomic E-state index is 13.9. The van der Waals surface area contributed by atoms with Gasteiger partial charge in [-0.2, -0.15) is 4.98 Å². The van der Waals surface area contributed by atoms with Crippen LogP contribution in [0.2, 0.25) is 0 Å². The van der Waals surface area contributed by atoms with Gasteiger partial charge in [-0.25, -0.2) is 4.39 Å². The number of hydrogen-bond acceptors (Lipinski definition) is 6. The zero-order valence-corrected chi connectivity index (χ0v) is 23.2. The van der Waals surface area contributed by atoms with E-state index in [0.29, 0.717) is 18.0 Å². The smallest absolute Gasteiger partial charge is 0.213 e. The Morgan fingerprint density at radius 1 is 1.18 bits per heavy atom. The van der Waals surface area contributed by atoms with Gasteiger partial charge in [0.05, 0.1) is 11.1 Å². The minimum atomic E-state index is -0.476. The molecule has 2 aromatic heterocycles. The summed E-state index contributed by atoms with van der Waals surface area (Å²) in [6.45, 7) is 14.7. The molecular weight excluding hydrogens is 491 g/mol. The molecule has 0 amide bonds. The summed E-state index contributed by atoms with van der Waals surface area (Å²) in [5.41, 5.74) is 6.01. The van der Waals surface area contributed by atoms with E-state index in [-0.39, 0.29) is 5.83 Å². The Labute approximate surface area is 229 Å². The molecule has 0 spiro atoms. The molecule has 1 atom stereocenters. The first-order valence-electron chi connectivity index (χ1n) is 13.4. The number of allylic oxidation sites excluding steroid dienone is 8. The highest BCUT2D eigenvalue weighted by molar-refractivity contribution is 5.97. The van der Waals surface area contributed by atoms with E-state index in [0.717, 1.165) is 59.2 Å². The zero-order valence-electron chi connectivity index (χ0n) is 23.2. The molecule has 1 aliphatic rings. The molecule has 2 heterocycles. The Morgan fingerprint density at radius 3 is 2.69 bits per heavy atom. The molecule has 0 saturated heterocycles. The highest BCUT2D eigenvalue weighted by Gasteiger charge is 2.29. The average Bonchev–Trinajstić information content (AvgIpc) is 3.54. The number of halogens is 1. The fourth-order valence-electron chi connectivity index (χ4n) is 4.76. The van der Waals surface area contributed by atoms with Crippen molar-refractivity contribution in [1.82, 2.24) is 20.8 Å². The lowest BCUT2D eigenvalue weighted by Gasteiger charge is -2.27. The van der Waals surface area contributed by atoms with E-state index in [1.807, 2.05) is 26.1 Å². The third-order valence-electron chi connectivity index (χ3n) is 7.12. The maximum Gasteiger partial charge on any atom is 0.213 e. The van der Waals surface area contributed by atoms with Crippen LogP contribution >= 0.6 is 0 Å². The lowest BCUT2D eigenvalue weighted by atomic mass is 9.95. The van der Waals surface area contributed by atoms with Gasteiger partial charge < -0.3 is 19.6 Å². The van der Waals surface area contributed by atoms with Crippen molar-refractivity contribution in [2.24, 2.45) is 0 Å². The quantitative estimate of drug-likeness (QED) is 0.235. The normalized spacial score (nSPS) is 15.1. The minimum Gasteiger partial charge on any atom is -0.455 e. The van der Waals surface area contributed by atoms with Crippen molar-refractivity contribution in [3.63, 3.8) is 0 Å². The molecule has 7 heteroatoms. The Morgan fingerprint density at radius 2 is 2.00 bits per heavy atom. The van der Waals surface area contributed by atoms with Gasteiger partial charge in [0.2, 0.25) is 6.39 Å². The van der Waals surface area contributed by atoms with E-state index in [9.17, 15) is 4.39 Å². The molecule has 0 radical (unpaired) electrons. The molecule has 0 fully saturated rings. The van der Waals surface area contributed by atoms with Crippen LogP contribution in [0, 0.1) is 0 Å². The number of nitrogens with one attached hydrogen (secondary N) is 2. The molecule has 0 bridgehead atoms. The fraction of sp³-hybridized carbons (Fsp3) is 0.312. The molecule has 6 nitrogen and oxygen atoms in total. The second kappa shape index (κ2) is 12.2. The monoisotopic (exact) mass is 528 g/mol. The van der Waals surface area contributed by atoms with Crippen LogP contribution in [-0.4, -0.2) is 17.2 Å². The van der Waals surface area contributed by atoms with Gasteiger partial charge in [0.25, 0.3) is 0 Å². The van der Waals surface area contributed by atoms with Crippen LogP contribution < -0.4 is 10.6 Å². The summed E-state index contributed by atoms with van der Waals surface area (Å²) >= 11 is 0. The SMILES string of the molecule is C=C(/C=C/Cc1cc2c(C(=C)NC)c(C3=CCC=C(F)C=C3)oc2cc1CCC)NC(C)(CC)c1ncon1. The number of fused-ring (bicyclic) bond motifs is 1. The highest BCUT2D eigenvalue weighted by atomic mass is 19.1. The Bertz CT molecular complexity index is 1470. The largest absolute Gasteiger partial charge is 0.455 e. The van der Waals surface area contributed by atoms with E-state index < -0.39 is 5.54 Å². The standard InChI is InChI=1S/C32H37FN4O2/c1-7-11-24-19-28-27(29(22(4)34-6)30(39-28)23-13-10-15-26(33)17-16-23)18-25(24)14-9-12-21(3)36-32(5,8-2)31-35-20-38-37-31/h9,12-13,15-20,34,36H,3-4,7-8,10-11,14H2,1-2,5-6H3/b12-9+. The molecule has 1 aliphatic carbocycles. The number of aryl methyl sites for hydroxylation is 1. The predicted octanol–water partition coefficient (Wildman–Crippen LogP) is 7.68. The van der Waals surface area contributed by atoms with Crippen molar-refractivity contribution in [3.05, 3.63) is 108 Å². The maximum atomic E-state index is 13.9. The van der Waals surface area contributed by atoms with Gasteiger partial charge in [-0.1, -0.05) is 50.7 Å². The van der Waals surface area contributed by atoms with E-state index in [4.69, 9.17) is 8.94 Å². The van der Waals surface area contributed by atoms with Crippen LogP contribution in [0.5, 0.6) is 0 Å². The molecule has 1 aromatic carbocycles. The zero-order chi connectivity index (χ0) is 28.0. The van der Waals surface area contributed by atoms with Crippen LogP contribution in [0.15, 0.2) is 88.6 Å². The lowest BCUT2D eigenvalue weighted by molar-refractivity contribution is 0.337. The number of rotatable bonds is 12. The first-order valence-corrected chi connectivity index (χ1v) is 13.4. The van der Waals surface area contributed by atoms with Crippen LogP contribution in [0.3, 0.4) is 0 Å².